The molecule has 222 valence electrons. The summed E-state index contributed by atoms with van der Waals surface area (Å²) in [7, 11) is 0. The molecule has 6 aromatic carbocycles. The third kappa shape index (κ3) is 5.01. The molecule has 0 aliphatic heterocycles. The minimum Gasteiger partial charge on any atom is -0.228 e. The molecule has 0 N–H and O–H groups in total. The highest BCUT2D eigenvalue weighted by Crippen LogP contribution is 2.51. The Labute approximate surface area is 275 Å². The summed E-state index contributed by atoms with van der Waals surface area (Å²) in [6.45, 7) is 4.63. The van der Waals surface area contributed by atoms with Crippen LogP contribution in [0.1, 0.15) is 30.5 Å². The lowest BCUT2D eigenvalue weighted by Gasteiger charge is -2.23. The summed E-state index contributed by atoms with van der Waals surface area (Å²) < 4.78 is 0. The summed E-state index contributed by atoms with van der Waals surface area (Å²) in [4.78, 5) is 9.99. The molecular weight excluding hydrogens is 571 g/mol. The first kappa shape index (κ1) is 28.4. The van der Waals surface area contributed by atoms with Crippen LogP contribution in [0.4, 0.5) is 0 Å². The molecule has 0 unspecified atom stereocenters. The van der Waals surface area contributed by atoms with E-state index in [0.717, 1.165) is 44.8 Å². The number of hydrogen-bond donors (Lipinski definition) is 0. The highest BCUT2D eigenvalue weighted by atomic mass is 14.9. The van der Waals surface area contributed by atoms with Crippen molar-refractivity contribution in [2.24, 2.45) is 0 Å². The van der Waals surface area contributed by atoms with Crippen LogP contribution in [0.25, 0.3) is 67.3 Å². The first-order valence-corrected chi connectivity index (χ1v) is 15.9. The zero-order valence-electron chi connectivity index (χ0n) is 26.3. The van der Waals surface area contributed by atoms with E-state index in [2.05, 4.69) is 123 Å². The number of nitriles is 1. The van der Waals surface area contributed by atoms with E-state index in [1.165, 1.54) is 27.8 Å². The molecule has 0 amide bonds. The quantitative estimate of drug-likeness (QED) is 0.197. The standard InChI is InChI=1S/C44H31N3/c1-44(2)39-16-10-9-15-35(39)38-25-36(30-19-17-29(28-45)18-20-30)37(26-40(38)44)31-21-23-33(24-22-31)42-27-41(32-11-5-3-6-12-32)46-43(47-42)34-13-7-4-8-14-34/h3-27H,1-2H3. The monoisotopic (exact) mass is 601 g/mol. The molecule has 47 heavy (non-hydrogen) atoms. The Balaban J connectivity index is 1.27. The van der Waals surface area contributed by atoms with Crippen LogP contribution in [0.2, 0.25) is 0 Å². The Bertz CT molecular complexity index is 2240. The maximum atomic E-state index is 9.45. The van der Waals surface area contributed by atoms with Gasteiger partial charge < -0.3 is 0 Å². The van der Waals surface area contributed by atoms with E-state index >= 15 is 0 Å². The highest BCUT2D eigenvalue weighted by Gasteiger charge is 2.36. The smallest absolute Gasteiger partial charge is 0.160 e. The molecule has 8 rings (SSSR count). The average Bonchev–Trinajstić information content (AvgIpc) is 3.37. The lowest BCUT2D eigenvalue weighted by Crippen LogP contribution is -2.15. The molecule has 0 bridgehead atoms. The van der Waals surface area contributed by atoms with E-state index in [4.69, 9.17) is 9.97 Å². The zero-order chi connectivity index (χ0) is 32.0. The van der Waals surface area contributed by atoms with Crippen molar-refractivity contribution in [3.8, 4) is 73.4 Å². The molecule has 1 aliphatic rings. The van der Waals surface area contributed by atoms with Crippen LogP contribution in [-0.2, 0) is 5.41 Å². The van der Waals surface area contributed by atoms with Crippen molar-refractivity contribution in [1.82, 2.24) is 9.97 Å². The number of hydrogen-bond acceptors (Lipinski definition) is 3. The number of nitrogens with zero attached hydrogens (tertiary/aromatic N) is 3. The normalized spacial score (nSPS) is 12.6. The Morgan fingerprint density at radius 2 is 0.957 bits per heavy atom. The molecule has 1 aromatic heterocycles. The molecule has 0 radical (unpaired) electrons. The molecule has 3 heteroatoms. The van der Waals surface area contributed by atoms with Crippen LogP contribution in [0.5, 0.6) is 0 Å². The Morgan fingerprint density at radius 3 is 1.60 bits per heavy atom. The van der Waals surface area contributed by atoms with Crippen LogP contribution in [0.15, 0.2) is 152 Å². The van der Waals surface area contributed by atoms with Gasteiger partial charge in [0.25, 0.3) is 0 Å². The number of rotatable bonds is 5. The summed E-state index contributed by atoms with van der Waals surface area (Å²) in [5.41, 5.74) is 15.1. The zero-order valence-corrected chi connectivity index (χ0v) is 26.3. The average molecular weight is 602 g/mol. The summed E-state index contributed by atoms with van der Waals surface area (Å²) in [5, 5.41) is 9.45. The molecule has 0 saturated heterocycles. The van der Waals surface area contributed by atoms with Gasteiger partial charge in [0.05, 0.1) is 23.0 Å². The number of fused-ring (bicyclic) bond motifs is 3. The minimum absolute atomic E-state index is 0.119. The van der Waals surface area contributed by atoms with E-state index in [-0.39, 0.29) is 5.41 Å². The predicted octanol–water partition coefficient (Wildman–Crippen LogP) is 11.0. The van der Waals surface area contributed by atoms with E-state index in [1.807, 2.05) is 48.5 Å². The van der Waals surface area contributed by atoms with E-state index in [0.29, 0.717) is 11.4 Å². The van der Waals surface area contributed by atoms with Crippen molar-refractivity contribution < 1.29 is 0 Å². The number of aromatic nitrogens is 2. The second-order valence-electron chi connectivity index (χ2n) is 12.6. The fourth-order valence-corrected chi connectivity index (χ4v) is 6.84. The van der Waals surface area contributed by atoms with Gasteiger partial charge in [-0.15, -0.1) is 0 Å². The highest BCUT2D eigenvalue weighted by molar-refractivity contribution is 5.93. The van der Waals surface area contributed by atoms with Crippen LogP contribution in [0, 0.1) is 11.3 Å². The van der Waals surface area contributed by atoms with Crippen molar-refractivity contribution in [2.45, 2.75) is 19.3 Å². The molecule has 0 atom stereocenters. The molecule has 0 saturated carbocycles. The maximum absolute atomic E-state index is 9.45. The Hall–Kier alpha value is -6.11. The van der Waals surface area contributed by atoms with Gasteiger partial charge in [0.2, 0.25) is 0 Å². The van der Waals surface area contributed by atoms with Gasteiger partial charge in [0.15, 0.2) is 5.82 Å². The summed E-state index contributed by atoms with van der Waals surface area (Å²) >= 11 is 0. The summed E-state index contributed by atoms with van der Waals surface area (Å²) in [6, 6.07) is 54.8. The predicted molar refractivity (Wildman–Crippen MR) is 191 cm³/mol. The van der Waals surface area contributed by atoms with E-state index in [9.17, 15) is 5.26 Å². The Morgan fingerprint density at radius 1 is 0.447 bits per heavy atom. The Kier molecular flexibility index (Phi) is 6.85. The van der Waals surface area contributed by atoms with Gasteiger partial charge in [0.1, 0.15) is 0 Å². The van der Waals surface area contributed by atoms with Crippen molar-refractivity contribution in [3.63, 3.8) is 0 Å². The van der Waals surface area contributed by atoms with Gasteiger partial charge in [0, 0.05) is 22.1 Å². The van der Waals surface area contributed by atoms with Gasteiger partial charge in [-0.2, -0.15) is 5.26 Å². The van der Waals surface area contributed by atoms with Crippen LogP contribution in [0.3, 0.4) is 0 Å². The second-order valence-corrected chi connectivity index (χ2v) is 12.6. The van der Waals surface area contributed by atoms with E-state index in [1.54, 1.807) is 0 Å². The largest absolute Gasteiger partial charge is 0.228 e. The molecule has 0 spiro atoms. The third-order valence-electron chi connectivity index (χ3n) is 9.37. The van der Waals surface area contributed by atoms with E-state index < -0.39 is 0 Å². The number of benzene rings is 6. The van der Waals surface area contributed by atoms with Crippen LogP contribution in [-0.4, -0.2) is 9.97 Å². The van der Waals surface area contributed by atoms with Crippen molar-refractivity contribution >= 4 is 0 Å². The second kappa shape index (κ2) is 11.4. The van der Waals surface area contributed by atoms with Gasteiger partial charge in [-0.05, 0) is 74.8 Å². The van der Waals surface area contributed by atoms with Crippen LogP contribution >= 0.6 is 0 Å². The fraction of sp³-hybridized carbons (Fsp3) is 0.0682. The summed E-state index contributed by atoms with van der Waals surface area (Å²) in [5.74, 6) is 0.703. The first-order chi connectivity index (χ1) is 23.0. The fourth-order valence-electron chi connectivity index (χ4n) is 6.84. The SMILES string of the molecule is CC1(C)c2ccccc2-c2cc(-c3ccc(C#N)cc3)c(-c3ccc(-c4cc(-c5ccccc5)nc(-c5ccccc5)n4)cc3)cc21. The van der Waals surface area contributed by atoms with Crippen molar-refractivity contribution in [1.29, 1.82) is 5.26 Å². The van der Waals surface area contributed by atoms with Crippen molar-refractivity contribution in [2.75, 3.05) is 0 Å². The van der Waals surface area contributed by atoms with Gasteiger partial charge in [-0.1, -0.05) is 135 Å². The minimum atomic E-state index is -0.119. The maximum Gasteiger partial charge on any atom is 0.160 e. The molecule has 0 fully saturated rings. The molecular formula is C44H31N3. The lowest BCUT2D eigenvalue weighted by molar-refractivity contribution is 0.660. The first-order valence-electron chi connectivity index (χ1n) is 15.9. The molecule has 7 aromatic rings. The van der Waals surface area contributed by atoms with Gasteiger partial charge in [-0.3, -0.25) is 0 Å². The van der Waals surface area contributed by atoms with Crippen molar-refractivity contribution in [3.05, 3.63) is 168 Å². The summed E-state index contributed by atoms with van der Waals surface area (Å²) in [6.07, 6.45) is 0. The van der Waals surface area contributed by atoms with Crippen LogP contribution < -0.4 is 0 Å². The van der Waals surface area contributed by atoms with Gasteiger partial charge >= 0.3 is 0 Å². The molecule has 3 nitrogen and oxygen atoms in total. The molecule has 1 heterocycles. The van der Waals surface area contributed by atoms with Gasteiger partial charge in [-0.25, -0.2) is 9.97 Å². The molecule has 1 aliphatic carbocycles. The topological polar surface area (TPSA) is 49.6 Å². The third-order valence-corrected chi connectivity index (χ3v) is 9.37. The lowest BCUT2D eigenvalue weighted by atomic mass is 9.80.